The van der Waals surface area contributed by atoms with Crippen LogP contribution in [0.1, 0.15) is 32.1 Å². The number of nitrogens with zero attached hydrogens (tertiary/aromatic N) is 2. The van der Waals surface area contributed by atoms with E-state index in [0.717, 1.165) is 30.2 Å². The van der Waals surface area contributed by atoms with Crippen molar-refractivity contribution < 1.29 is 9.53 Å². The molecule has 116 valence electrons. The predicted molar refractivity (Wildman–Crippen MR) is 86.7 cm³/mol. The first-order chi connectivity index (χ1) is 10.6. The largest absolute Gasteiger partial charge is 0.461 e. The number of rotatable bonds is 3. The van der Waals surface area contributed by atoms with Gasteiger partial charge in [0.05, 0.1) is 17.2 Å². The normalized spacial score (nSPS) is 15.9. The zero-order valence-corrected chi connectivity index (χ0v) is 13.7. The second-order valence-electron chi connectivity index (χ2n) is 5.59. The molecular formula is C16H17BrN2O3. The monoisotopic (exact) mass is 364 g/mol. The van der Waals surface area contributed by atoms with Crippen LogP contribution in [0.2, 0.25) is 0 Å². The molecule has 1 aromatic carbocycles. The van der Waals surface area contributed by atoms with E-state index in [-0.39, 0.29) is 24.2 Å². The number of hydrogen-bond donors (Lipinski definition) is 0. The minimum Gasteiger partial charge on any atom is -0.461 e. The Morgan fingerprint density at radius 3 is 2.86 bits per heavy atom. The molecule has 0 bridgehead atoms. The van der Waals surface area contributed by atoms with Crippen molar-refractivity contribution in [2.24, 2.45) is 0 Å². The fourth-order valence-electron chi connectivity index (χ4n) is 2.79. The topological polar surface area (TPSA) is 61.2 Å². The van der Waals surface area contributed by atoms with E-state index in [4.69, 9.17) is 4.74 Å². The minimum atomic E-state index is -0.370. The molecule has 0 spiro atoms. The summed E-state index contributed by atoms with van der Waals surface area (Å²) in [6.45, 7) is -0.0925. The zero-order valence-electron chi connectivity index (χ0n) is 12.1. The molecule has 1 aliphatic rings. The van der Waals surface area contributed by atoms with Gasteiger partial charge in [-0.3, -0.25) is 14.2 Å². The molecule has 22 heavy (non-hydrogen) atoms. The first kappa shape index (κ1) is 15.2. The highest BCUT2D eigenvalue weighted by Gasteiger charge is 2.18. The van der Waals surface area contributed by atoms with Crippen LogP contribution in [0, 0.1) is 0 Å². The van der Waals surface area contributed by atoms with Gasteiger partial charge in [0.25, 0.3) is 5.56 Å². The average Bonchev–Trinajstić information content (AvgIpc) is 2.51. The molecule has 3 rings (SSSR count). The van der Waals surface area contributed by atoms with Gasteiger partial charge in [0, 0.05) is 4.47 Å². The van der Waals surface area contributed by atoms with Crippen LogP contribution in [0.25, 0.3) is 10.9 Å². The van der Waals surface area contributed by atoms with Crippen molar-refractivity contribution in [2.75, 3.05) is 0 Å². The quantitative estimate of drug-likeness (QED) is 0.785. The van der Waals surface area contributed by atoms with Crippen molar-refractivity contribution in [3.63, 3.8) is 0 Å². The Morgan fingerprint density at radius 2 is 2.09 bits per heavy atom. The minimum absolute atomic E-state index is 0.000452. The van der Waals surface area contributed by atoms with E-state index in [1.807, 2.05) is 6.07 Å². The summed E-state index contributed by atoms with van der Waals surface area (Å²) in [6, 6.07) is 5.32. The number of fused-ring (bicyclic) bond motifs is 1. The maximum absolute atomic E-state index is 12.4. The van der Waals surface area contributed by atoms with Gasteiger partial charge in [0.2, 0.25) is 0 Å². The molecule has 0 saturated heterocycles. The van der Waals surface area contributed by atoms with Crippen LogP contribution in [-0.2, 0) is 16.1 Å². The van der Waals surface area contributed by atoms with E-state index in [9.17, 15) is 9.59 Å². The molecule has 5 nitrogen and oxygen atoms in total. The zero-order chi connectivity index (χ0) is 15.5. The Hall–Kier alpha value is -1.69. The molecule has 0 N–H and O–H groups in total. The van der Waals surface area contributed by atoms with Crippen molar-refractivity contribution in [1.29, 1.82) is 0 Å². The van der Waals surface area contributed by atoms with Crippen LogP contribution in [0.4, 0.5) is 0 Å². The second kappa shape index (κ2) is 6.60. The van der Waals surface area contributed by atoms with Crippen molar-refractivity contribution in [3.05, 3.63) is 39.4 Å². The fourth-order valence-corrected chi connectivity index (χ4v) is 3.15. The summed E-state index contributed by atoms with van der Waals surface area (Å²) in [7, 11) is 0. The lowest BCUT2D eigenvalue weighted by molar-refractivity contribution is -0.151. The molecule has 2 aromatic rings. The maximum atomic E-state index is 12.4. The predicted octanol–water partition coefficient (Wildman–Crippen LogP) is 3.03. The number of carbonyl (C=O) groups is 1. The van der Waals surface area contributed by atoms with Gasteiger partial charge in [0.15, 0.2) is 0 Å². The Kier molecular flexibility index (Phi) is 4.57. The number of halogens is 1. The molecule has 0 amide bonds. The summed E-state index contributed by atoms with van der Waals surface area (Å²) in [5, 5.41) is 0.488. The van der Waals surface area contributed by atoms with Crippen molar-refractivity contribution in [3.8, 4) is 0 Å². The third-order valence-corrected chi connectivity index (χ3v) is 4.43. The number of benzene rings is 1. The highest BCUT2D eigenvalue weighted by atomic mass is 79.9. The summed E-state index contributed by atoms with van der Waals surface area (Å²) in [4.78, 5) is 28.6. The van der Waals surface area contributed by atoms with Gasteiger partial charge >= 0.3 is 5.97 Å². The lowest BCUT2D eigenvalue weighted by Crippen LogP contribution is -2.29. The summed E-state index contributed by atoms with van der Waals surface area (Å²) in [5.74, 6) is -0.370. The van der Waals surface area contributed by atoms with Gasteiger partial charge in [-0.05, 0) is 43.9 Å². The molecule has 6 heteroatoms. The fraction of sp³-hybridized carbons (Fsp3) is 0.438. The third-order valence-electron chi connectivity index (χ3n) is 3.94. The highest BCUT2D eigenvalue weighted by Crippen LogP contribution is 2.20. The van der Waals surface area contributed by atoms with Crippen molar-refractivity contribution >= 4 is 32.8 Å². The van der Waals surface area contributed by atoms with Gasteiger partial charge in [-0.2, -0.15) is 0 Å². The van der Waals surface area contributed by atoms with E-state index in [0.29, 0.717) is 10.9 Å². The SMILES string of the molecule is O=C(Cn1cnc2ccc(Br)cc2c1=O)OC1CCCCC1. The van der Waals surface area contributed by atoms with E-state index in [2.05, 4.69) is 20.9 Å². The number of carbonyl (C=O) groups excluding carboxylic acids is 1. The summed E-state index contributed by atoms with van der Waals surface area (Å²) < 4.78 is 7.56. The first-order valence-electron chi connectivity index (χ1n) is 7.47. The standard InChI is InChI=1S/C16H17BrN2O3/c17-11-6-7-14-13(8-11)16(21)19(10-18-14)9-15(20)22-12-4-2-1-3-5-12/h6-8,10,12H,1-5,9H2. The molecule has 1 aliphatic carbocycles. The Morgan fingerprint density at radius 1 is 1.32 bits per heavy atom. The number of ether oxygens (including phenoxy) is 1. The second-order valence-corrected chi connectivity index (χ2v) is 6.50. The molecule has 0 unspecified atom stereocenters. The molecule has 1 fully saturated rings. The van der Waals surface area contributed by atoms with Gasteiger partial charge in [-0.1, -0.05) is 22.4 Å². The summed E-state index contributed by atoms with van der Waals surface area (Å²) >= 11 is 3.34. The molecule has 0 aliphatic heterocycles. The Balaban J connectivity index is 1.77. The van der Waals surface area contributed by atoms with Crippen molar-refractivity contribution in [2.45, 2.75) is 44.8 Å². The van der Waals surface area contributed by atoms with Crippen LogP contribution in [0.15, 0.2) is 33.8 Å². The molecule has 1 heterocycles. The lowest BCUT2D eigenvalue weighted by Gasteiger charge is -2.21. The van der Waals surface area contributed by atoms with Crippen LogP contribution in [0.5, 0.6) is 0 Å². The van der Waals surface area contributed by atoms with E-state index >= 15 is 0 Å². The van der Waals surface area contributed by atoms with E-state index in [1.54, 1.807) is 12.1 Å². The van der Waals surface area contributed by atoms with Gasteiger partial charge < -0.3 is 4.74 Å². The molecular weight excluding hydrogens is 348 g/mol. The van der Waals surface area contributed by atoms with Crippen LogP contribution < -0.4 is 5.56 Å². The number of esters is 1. The van der Waals surface area contributed by atoms with Crippen molar-refractivity contribution in [1.82, 2.24) is 9.55 Å². The molecule has 0 atom stereocenters. The van der Waals surface area contributed by atoms with E-state index in [1.165, 1.54) is 17.3 Å². The van der Waals surface area contributed by atoms with Gasteiger partial charge in [0.1, 0.15) is 12.6 Å². The maximum Gasteiger partial charge on any atom is 0.326 e. The molecule has 1 saturated carbocycles. The average molecular weight is 365 g/mol. The molecule has 1 aromatic heterocycles. The smallest absolute Gasteiger partial charge is 0.326 e. The van der Waals surface area contributed by atoms with Gasteiger partial charge in [-0.25, -0.2) is 4.98 Å². The van der Waals surface area contributed by atoms with E-state index < -0.39 is 0 Å². The number of hydrogen-bond acceptors (Lipinski definition) is 4. The lowest BCUT2D eigenvalue weighted by atomic mass is 9.98. The highest BCUT2D eigenvalue weighted by molar-refractivity contribution is 9.10. The summed E-state index contributed by atoms with van der Waals surface area (Å²) in [6.07, 6.45) is 6.65. The molecule has 0 radical (unpaired) electrons. The summed E-state index contributed by atoms with van der Waals surface area (Å²) in [5.41, 5.74) is 0.386. The van der Waals surface area contributed by atoms with Crippen LogP contribution in [0.3, 0.4) is 0 Å². The Bertz CT molecular complexity index is 751. The Labute approximate surface area is 136 Å². The van der Waals surface area contributed by atoms with Gasteiger partial charge in [-0.15, -0.1) is 0 Å². The third kappa shape index (κ3) is 3.38. The van der Waals surface area contributed by atoms with Crippen LogP contribution in [-0.4, -0.2) is 21.6 Å². The first-order valence-corrected chi connectivity index (χ1v) is 8.27. The number of aromatic nitrogens is 2. The van der Waals surface area contributed by atoms with Crippen LogP contribution >= 0.6 is 15.9 Å².